The largest absolute Gasteiger partial charge is 0.333 e. The Bertz CT molecular complexity index is 411. The summed E-state index contributed by atoms with van der Waals surface area (Å²) in [5.41, 5.74) is 7.13. The molecule has 1 aromatic rings. The van der Waals surface area contributed by atoms with E-state index < -0.39 is 0 Å². The van der Waals surface area contributed by atoms with E-state index in [4.69, 9.17) is 5.73 Å². The Balaban J connectivity index is 0.00000162. The summed E-state index contributed by atoms with van der Waals surface area (Å²) >= 11 is 0. The number of carbonyl (C=O) groups excluding carboxylic acids is 1. The Hall–Kier alpha value is -1.13. The molecule has 18 heavy (non-hydrogen) atoms. The number of halogens is 1. The number of hydrogen-bond acceptors (Lipinski definition) is 3. The van der Waals surface area contributed by atoms with Crippen molar-refractivity contribution >= 4 is 18.3 Å². The molecular weight excluding hydrogens is 250 g/mol. The topological polar surface area (TPSA) is 59.2 Å². The second-order valence-electron chi connectivity index (χ2n) is 4.55. The first-order valence-electron chi connectivity index (χ1n) is 6.17. The molecule has 1 saturated heterocycles. The smallest absolute Gasteiger partial charge is 0.272 e. The Morgan fingerprint density at radius 2 is 2.28 bits per heavy atom. The molecule has 1 aliphatic rings. The van der Waals surface area contributed by atoms with Crippen LogP contribution in [0, 0.1) is 6.92 Å². The molecule has 100 valence electrons. The van der Waals surface area contributed by atoms with Crippen molar-refractivity contribution in [1.29, 1.82) is 0 Å². The summed E-state index contributed by atoms with van der Waals surface area (Å²) in [7, 11) is 0. The zero-order valence-electron chi connectivity index (χ0n) is 10.6. The maximum absolute atomic E-state index is 12.3. The number of amides is 1. The molecular formula is C13H20ClN3O. The number of aromatic nitrogens is 1. The number of piperidine rings is 1. The summed E-state index contributed by atoms with van der Waals surface area (Å²) < 4.78 is 0. The fourth-order valence-electron chi connectivity index (χ4n) is 2.32. The molecule has 1 unspecified atom stereocenters. The number of likely N-dealkylation sites (tertiary alicyclic amines) is 1. The predicted octanol–water partition coefficient (Wildman–Crippen LogP) is 1.77. The van der Waals surface area contributed by atoms with Gasteiger partial charge in [-0.05, 0) is 38.3 Å². The van der Waals surface area contributed by atoms with Gasteiger partial charge in [-0.3, -0.25) is 4.79 Å². The van der Waals surface area contributed by atoms with Gasteiger partial charge in [0.15, 0.2) is 0 Å². The highest BCUT2D eigenvalue weighted by Gasteiger charge is 2.26. The van der Waals surface area contributed by atoms with Crippen LogP contribution in [0.4, 0.5) is 0 Å². The molecule has 1 fully saturated rings. The van der Waals surface area contributed by atoms with Gasteiger partial charge in [0.2, 0.25) is 0 Å². The number of carbonyl (C=O) groups is 1. The lowest BCUT2D eigenvalue weighted by molar-refractivity contribution is 0.0617. The van der Waals surface area contributed by atoms with Gasteiger partial charge in [-0.2, -0.15) is 0 Å². The Morgan fingerprint density at radius 1 is 1.50 bits per heavy atom. The third-order valence-electron chi connectivity index (χ3n) is 3.27. The summed E-state index contributed by atoms with van der Waals surface area (Å²) in [5, 5.41) is 0. The van der Waals surface area contributed by atoms with Crippen LogP contribution in [0.2, 0.25) is 0 Å². The van der Waals surface area contributed by atoms with Crippen molar-refractivity contribution in [3.8, 4) is 0 Å². The number of hydrogen-bond donors (Lipinski definition) is 1. The molecule has 4 nitrogen and oxygen atoms in total. The number of pyridine rings is 1. The SMILES string of the molecule is Cc1cccc(C(=O)N2CCCCC2CN)n1.Cl. The van der Waals surface area contributed by atoms with E-state index in [-0.39, 0.29) is 24.4 Å². The molecule has 2 heterocycles. The fourth-order valence-corrected chi connectivity index (χ4v) is 2.32. The Morgan fingerprint density at radius 3 is 2.94 bits per heavy atom. The van der Waals surface area contributed by atoms with E-state index in [1.807, 2.05) is 24.0 Å². The van der Waals surface area contributed by atoms with Crippen LogP contribution < -0.4 is 5.73 Å². The minimum Gasteiger partial charge on any atom is -0.333 e. The van der Waals surface area contributed by atoms with Gasteiger partial charge in [-0.25, -0.2) is 4.98 Å². The van der Waals surface area contributed by atoms with Crippen molar-refractivity contribution in [3.63, 3.8) is 0 Å². The Kier molecular flexibility index (Phi) is 5.56. The van der Waals surface area contributed by atoms with Crippen LogP contribution in [0.3, 0.4) is 0 Å². The van der Waals surface area contributed by atoms with Crippen LogP contribution in [0.5, 0.6) is 0 Å². The molecule has 2 rings (SSSR count). The first-order chi connectivity index (χ1) is 8.22. The van der Waals surface area contributed by atoms with Crippen molar-refractivity contribution in [2.75, 3.05) is 13.1 Å². The Labute approximate surface area is 114 Å². The fraction of sp³-hybridized carbons (Fsp3) is 0.538. The van der Waals surface area contributed by atoms with Crippen molar-refractivity contribution in [3.05, 3.63) is 29.6 Å². The highest BCUT2D eigenvalue weighted by Crippen LogP contribution is 2.18. The second-order valence-corrected chi connectivity index (χ2v) is 4.55. The van der Waals surface area contributed by atoms with Gasteiger partial charge in [-0.15, -0.1) is 12.4 Å². The van der Waals surface area contributed by atoms with Crippen molar-refractivity contribution < 1.29 is 4.79 Å². The molecule has 2 N–H and O–H groups in total. The monoisotopic (exact) mass is 269 g/mol. The molecule has 0 bridgehead atoms. The third-order valence-corrected chi connectivity index (χ3v) is 3.27. The van der Waals surface area contributed by atoms with E-state index in [0.29, 0.717) is 12.2 Å². The summed E-state index contributed by atoms with van der Waals surface area (Å²) in [6, 6.07) is 5.72. The lowest BCUT2D eigenvalue weighted by Crippen LogP contribution is -2.47. The van der Waals surface area contributed by atoms with E-state index in [0.717, 1.165) is 31.5 Å². The summed E-state index contributed by atoms with van der Waals surface area (Å²) in [4.78, 5) is 18.5. The zero-order chi connectivity index (χ0) is 12.3. The first-order valence-corrected chi connectivity index (χ1v) is 6.17. The summed E-state index contributed by atoms with van der Waals surface area (Å²) in [6.45, 7) is 3.24. The molecule has 0 saturated carbocycles. The normalized spacial score (nSPS) is 19.2. The average molecular weight is 270 g/mol. The van der Waals surface area contributed by atoms with Gasteiger partial charge < -0.3 is 10.6 Å². The van der Waals surface area contributed by atoms with Crippen LogP contribution in [-0.2, 0) is 0 Å². The van der Waals surface area contributed by atoms with Gasteiger partial charge in [0.05, 0.1) is 0 Å². The van der Waals surface area contributed by atoms with Gasteiger partial charge in [-0.1, -0.05) is 6.07 Å². The number of rotatable bonds is 2. The van der Waals surface area contributed by atoms with Gasteiger partial charge >= 0.3 is 0 Å². The summed E-state index contributed by atoms with van der Waals surface area (Å²) in [6.07, 6.45) is 3.23. The molecule has 0 radical (unpaired) electrons. The van der Waals surface area contributed by atoms with Gasteiger partial charge in [0.25, 0.3) is 5.91 Å². The third kappa shape index (κ3) is 3.21. The minimum absolute atomic E-state index is 0. The molecule has 0 aromatic carbocycles. The summed E-state index contributed by atoms with van der Waals surface area (Å²) in [5.74, 6) is 0.0175. The van der Waals surface area contributed by atoms with E-state index in [1.54, 1.807) is 6.07 Å². The van der Waals surface area contributed by atoms with E-state index in [1.165, 1.54) is 0 Å². The molecule has 5 heteroatoms. The number of aryl methyl sites for hydroxylation is 1. The lowest BCUT2D eigenvalue weighted by atomic mass is 10.0. The first kappa shape index (κ1) is 14.9. The molecule has 1 amide bonds. The molecule has 0 spiro atoms. The maximum atomic E-state index is 12.3. The standard InChI is InChI=1S/C13H19N3O.ClH/c1-10-5-4-7-12(15-10)13(17)16-8-3-2-6-11(16)9-14;/h4-5,7,11H,2-3,6,8-9,14H2,1H3;1H. The van der Waals surface area contributed by atoms with Gasteiger partial charge in [0.1, 0.15) is 5.69 Å². The molecule has 1 aliphatic heterocycles. The zero-order valence-corrected chi connectivity index (χ0v) is 11.4. The van der Waals surface area contributed by atoms with Crippen LogP contribution in [-0.4, -0.2) is 34.9 Å². The number of nitrogens with two attached hydrogens (primary N) is 1. The second kappa shape index (κ2) is 6.71. The highest BCUT2D eigenvalue weighted by molar-refractivity contribution is 5.92. The van der Waals surface area contributed by atoms with E-state index >= 15 is 0 Å². The molecule has 0 aliphatic carbocycles. The molecule has 1 atom stereocenters. The van der Waals surface area contributed by atoms with Crippen molar-refractivity contribution in [2.24, 2.45) is 5.73 Å². The van der Waals surface area contributed by atoms with Crippen LogP contribution >= 0.6 is 12.4 Å². The average Bonchev–Trinajstić information content (AvgIpc) is 2.38. The highest BCUT2D eigenvalue weighted by atomic mass is 35.5. The number of nitrogens with zero attached hydrogens (tertiary/aromatic N) is 2. The van der Waals surface area contributed by atoms with Crippen LogP contribution in [0.15, 0.2) is 18.2 Å². The maximum Gasteiger partial charge on any atom is 0.272 e. The van der Waals surface area contributed by atoms with Crippen LogP contribution in [0.1, 0.15) is 35.4 Å². The predicted molar refractivity (Wildman–Crippen MR) is 74.0 cm³/mol. The molecule has 1 aromatic heterocycles. The van der Waals surface area contributed by atoms with E-state index in [2.05, 4.69) is 4.98 Å². The van der Waals surface area contributed by atoms with Crippen molar-refractivity contribution in [1.82, 2.24) is 9.88 Å². The quantitative estimate of drug-likeness (QED) is 0.890. The minimum atomic E-state index is 0. The van der Waals surface area contributed by atoms with Crippen molar-refractivity contribution in [2.45, 2.75) is 32.2 Å². The van der Waals surface area contributed by atoms with E-state index in [9.17, 15) is 4.79 Å². The van der Waals surface area contributed by atoms with Gasteiger partial charge in [0, 0.05) is 24.8 Å². The lowest BCUT2D eigenvalue weighted by Gasteiger charge is -2.34. The van der Waals surface area contributed by atoms with Crippen LogP contribution in [0.25, 0.3) is 0 Å².